The van der Waals surface area contributed by atoms with Crippen molar-refractivity contribution in [3.63, 3.8) is 0 Å². The normalized spacial score (nSPS) is 13.0. The molecule has 223 valence electrons. The van der Waals surface area contributed by atoms with E-state index in [1.807, 2.05) is 32.0 Å². The number of aromatic amines is 2. The number of hydrogen-bond acceptors (Lipinski definition) is 6. The Kier molecular flexibility index (Phi) is 9.47. The Bertz CT molecular complexity index is 1860. The van der Waals surface area contributed by atoms with E-state index in [2.05, 4.69) is 43.7 Å². The molecule has 43 heavy (non-hydrogen) atoms. The Morgan fingerprint density at radius 3 is 1.63 bits per heavy atom. The fraction of sp³-hybridized carbons (Fsp3) is 0.353. The van der Waals surface area contributed by atoms with Gasteiger partial charge in [-0.25, -0.2) is 9.97 Å². The molecule has 2 N–H and O–H groups in total. The largest absolute Gasteiger partial charge is 2.00 e. The molecule has 5 heterocycles. The molecule has 5 rings (SSSR count). The summed E-state index contributed by atoms with van der Waals surface area (Å²) in [6.07, 6.45) is 1.98. The molecule has 0 saturated heterocycles. The summed E-state index contributed by atoms with van der Waals surface area (Å²) in [6, 6.07) is 8.09. The van der Waals surface area contributed by atoms with E-state index in [1.165, 1.54) is 5.56 Å². The third-order valence-electron chi connectivity index (χ3n) is 8.67. The number of aryl methyl sites for hydroxylation is 4. The van der Waals surface area contributed by atoms with Gasteiger partial charge in [0.2, 0.25) is 0 Å². The van der Waals surface area contributed by atoms with Crippen LogP contribution < -0.4 is 10.2 Å². The van der Waals surface area contributed by atoms with E-state index in [9.17, 15) is 19.8 Å². The van der Waals surface area contributed by atoms with E-state index in [-0.39, 0.29) is 42.8 Å². The zero-order valence-corrected chi connectivity index (χ0v) is 26.6. The molecule has 8 nitrogen and oxygen atoms in total. The molecule has 0 atom stereocenters. The van der Waals surface area contributed by atoms with Gasteiger partial charge in [0.1, 0.15) is 0 Å². The van der Waals surface area contributed by atoms with E-state index >= 15 is 0 Å². The van der Waals surface area contributed by atoms with Crippen molar-refractivity contribution in [2.24, 2.45) is 0 Å². The van der Waals surface area contributed by atoms with Crippen LogP contribution in [0.5, 0.6) is 0 Å². The summed E-state index contributed by atoms with van der Waals surface area (Å²) in [6.45, 7) is 12.4. The van der Waals surface area contributed by atoms with E-state index in [0.29, 0.717) is 5.69 Å². The minimum Gasteiger partial charge on any atom is -0.550 e. The van der Waals surface area contributed by atoms with Gasteiger partial charge in [-0.15, -0.1) is 0 Å². The molecule has 9 heteroatoms. The van der Waals surface area contributed by atoms with Crippen molar-refractivity contribution < 1.29 is 36.9 Å². The van der Waals surface area contributed by atoms with Crippen molar-refractivity contribution >= 4 is 56.3 Å². The summed E-state index contributed by atoms with van der Waals surface area (Å²) < 4.78 is 0. The maximum Gasteiger partial charge on any atom is 2.00 e. The number of rotatable bonds is 8. The van der Waals surface area contributed by atoms with Gasteiger partial charge in [0, 0.05) is 34.0 Å². The first kappa shape index (κ1) is 32.0. The van der Waals surface area contributed by atoms with Crippen molar-refractivity contribution in [2.45, 2.75) is 80.1 Å². The van der Waals surface area contributed by atoms with Crippen molar-refractivity contribution in [2.75, 3.05) is 0 Å². The van der Waals surface area contributed by atoms with E-state index in [4.69, 9.17) is 9.97 Å². The van der Waals surface area contributed by atoms with E-state index < -0.39 is 11.9 Å². The second kappa shape index (κ2) is 12.7. The second-order valence-electron chi connectivity index (χ2n) is 11.1. The van der Waals surface area contributed by atoms with Gasteiger partial charge in [-0.05, 0) is 135 Å². The number of hydrogen-bond donors (Lipinski definition) is 2. The molecule has 0 aliphatic carbocycles. The molecule has 1 radical (unpaired) electrons. The number of carboxylic acid groups (broad SMARTS) is 2. The standard InChI is InChI=1S/C34H38N4O4.Mn/c1-7-21-17(3)25-13-26-19(5)23(9-11-33(39)40)31(37-26)16-32-24(10-12-34(41)42)20(6)28(38-32)15-30-22(8-2)18(4)27(36-30)14-29(21)35-25;/h13-16,35,38H,7-12H2,1-6H3,(H,39,40)(H,41,42);/q;+2/p-2. The Hall–Kier alpha value is -3.94. The minimum atomic E-state index is -1.12. The molecular weight excluding hydrogens is 583 g/mol. The molecule has 0 saturated carbocycles. The second-order valence-corrected chi connectivity index (χ2v) is 11.1. The van der Waals surface area contributed by atoms with Crippen LogP contribution in [-0.2, 0) is 39.5 Å². The monoisotopic (exact) mass is 619 g/mol. The van der Waals surface area contributed by atoms with Gasteiger partial charge < -0.3 is 29.8 Å². The first-order chi connectivity index (χ1) is 20.0. The molecule has 0 amide bonds. The van der Waals surface area contributed by atoms with Crippen molar-refractivity contribution in [1.29, 1.82) is 0 Å². The molecule has 0 fully saturated rings. The van der Waals surface area contributed by atoms with Gasteiger partial charge in [-0.1, -0.05) is 13.8 Å². The van der Waals surface area contributed by atoms with Gasteiger partial charge >= 0.3 is 17.1 Å². The number of aliphatic carboxylic acids is 2. The Morgan fingerprint density at radius 2 is 1.07 bits per heavy atom. The summed E-state index contributed by atoms with van der Waals surface area (Å²) in [7, 11) is 0. The van der Waals surface area contributed by atoms with Crippen molar-refractivity contribution in [1.82, 2.24) is 19.9 Å². The molecule has 2 aliphatic rings. The maximum atomic E-state index is 11.4. The number of H-pyrrole nitrogens is 2. The molecule has 3 aromatic heterocycles. The summed E-state index contributed by atoms with van der Waals surface area (Å²) in [5.74, 6) is -2.24. The van der Waals surface area contributed by atoms with Crippen LogP contribution >= 0.6 is 0 Å². The number of aromatic nitrogens is 4. The predicted molar refractivity (Wildman–Crippen MR) is 163 cm³/mol. The molecular formula is C34H36MnN4O4. The number of fused-ring (bicyclic) bond motifs is 8. The van der Waals surface area contributed by atoms with Gasteiger partial charge in [0.05, 0.1) is 22.8 Å². The van der Waals surface area contributed by atoms with Crippen LogP contribution in [0.15, 0.2) is 24.3 Å². The summed E-state index contributed by atoms with van der Waals surface area (Å²) >= 11 is 0. The predicted octanol–water partition coefficient (Wildman–Crippen LogP) is 4.98. The summed E-state index contributed by atoms with van der Waals surface area (Å²) in [5, 5.41) is 22.8. The van der Waals surface area contributed by atoms with Crippen molar-refractivity contribution in [3.8, 4) is 0 Å². The first-order valence-corrected chi connectivity index (χ1v) is 14.6. The fourth-order valence-electron chi connectivity index (χ4n) is 6.21. The first-order valence-electron chi connectivity index (χ1n) is 14.6. The van der Waals surface area contributed by atoms with E-state index in [0.717, 1.165) is 91.0 Å². The smallest absolute Gasteiger partial charge is 0.550 e. The zero-order valence-electron chi connectivity index (χ0n) is 25.5. The van der Waals surface area contributed by atoms with Crippen LogP contribution in [-0.4, -0.2) is 31.9 Å². The zero-order chi connectivity index (χ0) is 30.3. The van der Waals surface area contributed by atoms with Crippen LogP contribution in [0.4, 0.5) is 0 Å². The average Bonchev–Trinajstić information content (AvgIpc) is 3.59. The van der Waals surface area contributed by atoms with Crippen molar-refractivity contribution in [3.05, 3.63) is 69.3 Å². The van der Waals surface area contributed by atoms with Crippen LogP contribution in [0, 0.1) is 13.8 Å². The van der Waals surface area contributed by atoms with Crippen LogP contribution in [0.25, 0.3) is 44.4 Å². The third kappa shape index (κ3) is 6.10. The average molecular weight is 620 g/mol. The molecule has 0 aromatic carbocycles. The molecule has 2 aliphatic heterocycles. The number of carbonyl (C=O) groups is 2. The quantitative estimate of drug-likeness (QED) is 0.342. The summed E-state index contributed by atoms with van der Waals surface area (Å²) in [4.78, 5) is 40.0. The van der Waals surface area contributed by atoms with E-state index in [1.54, 1.807) is 0 Å². The fourth-order valence-corrected chi connectivity index (χ4v) is 6.21. The van der Waals surface area contributed by atoms with Crippen LogP contribution in [0.1, 0.15) is 98.4 Å². The number of carbonyl (C=O) groups excluding carboxylic acids is 2. The molecule has 8 bridgehead atoms. The molecule has 0 unspecified atom stereocenters. The topological polar surface area (TPSA) is 138 Å². The van der Waals surface area contributed by atoms with Gasteiger partial charge in [-0.3, -0.25) is 0 Å². The molecule has 0 spiro atoms. The number of allylic oxidation sites excluding steroid dienone is 4. The van der Waals surface area contributed by atoms with Crippen LogP contribution in [0.3, 0.4) is 0 Å². The third-order valence-corrected chi connectivity index (χ3v) is 8.67. The van der Waals surface area contributed by atoms with Crippen LogP contribution in [0.2, 0.25) is 0 Å². The van der Waals surface area contributed by atoms with Gasteiger partial charge in [0.25, 0.3) is 0 Å². The number of nitrogens with zero attached hydrogens (tertiary/aromatic N) is 2. The van der Waals surface area contributed by atoms with Gasteiger partial charge in [0.15, 0.2) is 0 Å². The minimum absolute atomic E-state index is 0. The SMILES string of the molecule is CCC1=C(C)c2cc3[nH]c(cc4nc(cc5[nH]c(cc1n2)c(C)c5CCC(=O)[O-])C(CCC(=O)[O-])=C4C)c(C)c3CC.[Mn+2]. The Morgan fingerprint density at radius 1 is 0.628 bits per heavy atom. The summed E-state index contributed by atoms with van der Waals surface area (Å²) in [5.41, 5.74) is 14.9. The maximum absolute atomic E-state index is 11.4. The Balaban J connectivity index is 0.00000423. The van der Waals surface area contributed by atoms with Gasteiger partial charge in [-0.2, -0.15) is 0 Å². The molecule has 3 aromatic rings. The number of nitrogens with one attached hydrogen (secondary N) is 2. The number of carboxylic acids is 2. The Labute approximate surface area is 261 Å².